The molecule has 0 spiro atoms. The van der Waals surface area contributed by atoms with Gasteiger partial charge >= 0.3 is 0 Å². The number of carbonyl (C=O) groups excluding carboxylic acids is 1. The molecule has 1 heterocycles. The number of hydrogen-bond acceptors (Lipinski definition) is 3. The molecule has 110 valence electrons. The van der Waals surface area contributed by atoms with Crippen LogP contribution in [0, 0.1) is 0 Å². The van der Waals surface area contributed by atoms with Crippen molar-refractivity contribution in [2.24, 2.45) is 5.73 Å². The highest BCUT2D eigenvalue weighted by Gasteiger charge is 2.30. The van der Waals surface area contributed by atoms with Crippen LogP contribution in [-0.4, -0.2) is 36.6 Å². The molecule has 0 aromatic heterocycles. The third kappa shape index (κ3) is 3.81. The first-order valence-corrected chi connectivity index (χ1v) is 7.81. The topological polar surface area (TPSA) is 55.6 Å². The lowest BCUT2D eigenvalue weighted by molar-refractivity contribution is -0.125. The summed E-state index contributed by atoms with van der Waals surface area (Å²) in [4.78, 5) is 14.0. The first kappa shape index (κ1) is 15.5. The maximum Gasteiger partial charge on any atom is 0.239 e. The molecule has 2 N–H and O–H groups in total. The van der Waals surface area contributed by atoms with E-state index in [0.717, 1.165) is 36.0 Å². The molecule has 20 heavy (non-hydrogen) atoms. The van der Waals surface area contributed by atoms with E-state index >= 15 is 0 Å². The molecule has 1 aliphatic rings. The Labute approximate surface area is 128 Å². The molecule has 0 aliphatic carbocycles. The molecule has 2 atom stereocenters. The summed E-state index contributed by atoms with van der Waals surface area (Å²) >= 11 is 3.41. The van der Waals surface area contributed by atoms with Crippen molar-refractivity contribution in [3.63, 3.8) is 0 Å². The number of benzene rings is 1. The number of nitrogens with two attached hydrogens (primary N) is 1. The smallest absolute Gasteiger partial charge is 0.239 e. The van der Waals surface area contributed by atoms with E-state index in [1.807, 2.05) is 31.2 Å². The molecular formula is C15H21BrN2O2. The SMILES string of the molecule is CCO[C@@H]1CCCN([C@H](C(N)=O)c2ccc(Br)cc2)C1. The minimum atomic E-state index is -0.369. The van der Waals surface area contributed by atoms with Crippen molar-refractivity contribution in [3.05, 3.63) is 34.3 Å². The van der Waals surface area contributed by atoms with Crippen LogP contribution in [0.4, 0.5) is 0 Å². The third-order valence-corrected chi connectivity index (χ3v) is 4.16. The monoisotopic (exact) mass is 340 g/mol. The summed E-state index contributed by atoms with van der Waals surface area (Å²) in [6.07, 6.45) is 2.28. The number of likely N-dealkylation sites (tertiary alicyclic amines) is 1. The Morgan fingerprint density at radius 1 is 1.50 bits per heavy atom. The summed E-state index contributed by atoms with van der Waals surface area (Å²) in [5.41, 5.74) is 6.57. The van der Waals surface area contributed by atoms with Crippen LogP contribution in [0.15, 0.2) is 28.7 Å². The van der Waals surface area contributed by atoms with Gasteiger partial charge in [0.15, 0.2) is 0 Å². The van der Waals surface area contributed by atoms with E-state index in [0.29, 0.717) is 6.61 Å². The second-order valence-corrected chi connectivity index (χ2v) is 5.99. The van der Waals surface area contributed by atoms with Gasteiger partial charge in [-0.15, -0.1) is 0 Å². The second kappa shape index (κ2) is 7.20. The molecule has 1 aromatic carbocycles. The summed E-state index contributed by atoms with van der Waals surface area (Å²) < 4.78 is 6.69. The molecule has 1 fully saturated rings. The predicted octanol–water partition coefficient (Wildman–Crippen LogP) is 2.48. The highest BCUT2D eigenvalue weighted by Crippen LogP contribution is 2.26. The van der Waals surface area contributed by atoms with E-state index in [2.05, 4.69) is 20.8 Å². The lowest BCUT2D eigenvalue weighted by atomic mass is 10.00. The van der Waals surface area contributed by atoms with Crippen LogP contribution in [0.1, 0.15) is 31.4 Å². The molecule has 1 amide bonds. The van der Waals surface area contributed by atoms with Crippen molar-refractivity contribution in [2.45, 2.75) is 31.9 Å². The van der Waals surface area contributed by atoms with Gasteiger partial charge in [0.2, 0.25) is 5.91 Å². The third-order valence-electron chi connectivity index (χ3n) is 3.63. The van der Waals surface area contributed by atoms with Gasteiger partial charge in [-0.2, -0.15) is 0 Å². The predicted molar refractivity (Wildman–Crippen MR) is 82.3 cm³/mol. The number of nitrogens with zero attached hydrogens (tertiary/aromatic N) is 1. The molecule has 0 radical (unpaired) electrons. The molecule has 1 aromatic rings. The Morgan fingerprint density at radius 3 is 2.80 bits per heavy atom. The summed E-state index contributed by atoms with van der Waals surface area (Å²) in [6.45, 7) is 4.35. The number of halogens is 1. The molecule has 5 heteroatoms. The number of ether oxygens (including phenoxy) is 1. The Bertz CT molecular complexity index is 448. The van der Waals surface area contributed by atoms with Gasteiger partial charge < -0.3 is 10.5 Å². The fraction of sp³-hybridized carbons (Fsp3) is 0.533. The molecule has 2 rings (SSSR count). The first-order chi connectivity index (χ1) is 9.61. The average Bonchev–Trinajstić information content (AvgIpc) is 2.42. The first-order valence-electron chi connectivity index (χ1n) is 7.02. The van der Waals surface area contributed by atoms with Gasteiger partial charge in [-0.05, 0) is 44.0 Å². The van der Waals surface area contributed by atoms with Crippen molar-refractivity contribution in [1.29, 1.82) is 0 Å². The van der Waals surface area contributed by atoms with Crippen molar-refractivity contribution in [1.82, 2.24) is 4.90 Å². The van der Waals surface area contributed by atoms with Crippen LogP contribution in [0.2, 0.25) is 0 Å². The zero-order valence-electron chi connectivity index (χ0n) is 11.7. The van der Waals surface area contributed by atoms with Crippen LogP contribution in [-0.2, 0) is 9.53 Å². The van der Waals surface area contributed by atoms with Crippen molar-refractivity contribution in [3.8, 4) is 0 Å². The Hall–Kier alpha value is -0.910. The normalized spacial score (nSPS) is 21.6. The Kier molecular flexibility index (Phi) is 5.57. The quantitative estimate of drug-likeness (QED) is 0.895. The van der Waals surface area contributed by atoms with Gasteiger partial charge in [-0.1, -0.05) is 28.1 Å². The largest absolute Gasteiger partial charge is 0.377 e. The van der Waals surface area contributed by atoms with Crippen LogP contribution >= 0.6 is 15.9 Å². The van der Waals surface area contributed by atoms with Gasteiger partial charge in [0.25, 0.3) is 0 Å². The second-order valence-electron chi connectivity index (χ2n) is 5.07. The number of carbonyl (C=O) groups is 1. The zero-order valence-corrected chi connectivity index (χ0v) is 13.3. The van der Waals surface area contributed by atoms with Crippen LogP contribution in [0.3, 0.4) is 0 Å². The lowest BCUT2D eigenvalue weighted by Gasteiger charge is -2.36. The minimum Gasteiger partial charge on any atom is -0.377 e. The van der Waals surface area contributed by atoms with E-state index in [1.54, 1.807) is 0 Å². The van der Waals surface area contributed by atoms with Gasteiger partial charge in [0, 0.05) is 17.6 Å². The van der Waals surface area contributed by atoms with Gasteiger partial charge in [-0.25, -0.2) is 0 Å². The van der Waals surface area contributed by atoms with E-state index in [-0.39, 0.29) is 18.1 Å². The van der Waals surface area contributed by atoms with Crippen molar-refractivity contribution >= 4 is 21.8 Å². The fourth-order valence-corrected chi connectivity index (χ4v) is 3.04. The fourth-order valence-electron chi connectivity index (χ4n) is 2.77. The summed E-state index contributed by atoms with van der Waals surface area (Å²) in [6, 6.07) is 7.41. The highest BCUT2D eigenvalue weighted by atomic mass is 79.9. The molecule has 1 aliphatic heterocycles. The average molecular weight is 341 g/mol. The minimum absolute atomic E-state index is 0.200. The lowest BCUT2D eigenvalue weighted by Crippen LogP contribution is -2.46. The maximum absolute atomic E-state index is 11.9. The van der Waals surface area contributed by atoms with Crippen molar-refractivity contribution in [2.75, 3.05) is 19.7 Å². The molecule has 4 nitrogen and oxygen atoms in total. The molecule has 0 bridgehead atoms. The molecule has 1 saturated heterocycles. The summed E-state index contributed by atoms with van der Waals surface area (Å²) in [5.74, 6) is -0.301. The van der Waals surface area contributed by atoms with Gasteiger partial charge in [0.1, 0.15) is 6.04 Å². The number of hydrogen-bond donors (Lipinski definition) is 1. The van der Waals surface area contributed by atoms with E-state index in [4.69, 9.17) is 10.5 Å². The molecule has 0 saturated carbocycles. The standard InChI is InChI=1S/C15H21BrN2O2/c1-2-20-13-4-3-9-18(10-13)14(15(17)19)11-5-7-12(16)8-6-11/h5-8,13-14H,2-4,9-10H2,1H3,(H2,17,19)/t13-,14+/m1/s1. The summed E-state index contributed by atoms with van der Waals surface area (Å²) in [7, 11) is 0. The van der Waals surface area contributed by atoms with Crippen LogP contribution in [0.25, 0.3) is 0 Å². The molecule has 0 unspecified atom stereocenters. The van der Waals surface area contributed by atoms with Gasteiger partial charge in [0.05, 0.1) is 6.10 Å². The van der Waals surface area contributed by atoms with Crippen LogP contribution < -0.4 is 5.73 Å². The van der Waals surface area contributed by atoms with E-state index < -0.39 is 0 Å². The van der Waals surface area contributed by atoms with Crippen LogP contribution in [0.5, 0.6) is 0 Å². The summed E-state index contributed by atoms with van der Waals surface area (Å²) in [5, 5.41) is 0. The number of rotatable bonds is 5. The van der Waals surface area contributed by atoms with Gasteiger partial charge in [-0.3, -0.25) is 9.69 Å². The highest BCUT2D eigenvalue weighted by molar-refractivity contribution is 9.10. The Morgan fingerprint density at radius 2 is 2.20 bits per heavy atom. The van der Waals surface area contributed by atoms with Crippen molar-refractivity contribution < 1.29 is 9.53 Å². The zero-order chi connectivity index (χ0) is 14.5. The Balaban J connectivity index is 2.16. The molecular weight excluding hydrogens is 320 g/mol. The number of piperidine rings is 1. The number of amides is 1. The maximum atomic E-state index is 11.9. The number of primary amides is 1. The van der Waals surface area contributed by atoms with E-state index in [9.17, 15) is 4.79 Å². The van der Waals surface area contributed by atoms with E-state index in [1.165, 1.54) is 0 Å².